The number of benzene rings is 3. The van der Waals surface area contributed by atoms with Crippen molar-refractivity contribution >= 4 is 21.7 Å². The molecule has 0 saturated carbocycles. The van der Waals surface area contributed by atoms with Gasteiger partial charge < -0.3 is 15.2 Å². The smallest absolute Gasteiger partial charge is 0.329 e. The Balaban J connectivity index is 1.89. The maximum atomic E-state index is 13.2. The van der Waals surface area contributed by atoms with E-state index < -0.39 is 27.8 Å². The van der Waals surface area contributed by atoms with Crippen molar-refractivity contribution in [2.45, 2.75) is 35.8 Å². The maximum Gasteiger partial charge on any atom is 0.329 e. The molecule has 0 fully saturated rings. The summed E-state index contributed by atoms with van der Waals surface area (Å²) in [6.07, 6.45) is -0.130. The van der Waals surface area contributed by atoms with Crippen molar-refractivity contribution in [2.24, 2.45) is 0 Å². The first-order valence-corrected chi connectivity index (χ1v) is 11.4. The van der Waals surface area contributed by atoms with Gasteiger partial charge in [0.15, 0.2) is 0 Å². The Morgan fingerprint density at radius 3 is 2.22 bits per heavy atom. The summed E-state index contributed by atoms with van der Waals surface area (Å²) in [5, 5.41) is 12.4. The number of phenolic OH excluding ortho intramolecular Hbond substituents is 1. The predicted molar refractivity (Wildman–Crippen MR) is 118 cm³/mol. The first-order valence-electron chi connectivity index (χ1n) is 9.87. The van der Waals surface area contributed by atoms with Gasteiger partial charge >= 0.3 is 5.97 Å². The Morgan fingerprint density at radius 2 is 1.59 bits per heavy atom. The molecule has 0 aliphatic carbocycles. The van der Waals surface area contributed by atoms with Gasteiger partial charge in [0.2, 0.25) is 15.7 Å². The number of amides is 1. The van der Waals surface area contributed by atoms with Crippen LogP contribution >= 0.6 is 0 Å². The van der Waals surface area contributed by atoms with Crippen LogP contribution in [0.1, 0.15) is 18.1 Å². The highest BCUT2D eigenvalue weighted by atomic mass is 32.2. The van der Waals surface area contributed by atoms with Crippen molar-refractivity contribution < 1.29 is 27.9 Å². The second kappa shape index (κ2) is 10.1. The summed E-state index contributed by atoms with van der Waals surface area (Å²) < 4.78 is 31.7. The minimum absolute atomic E-state index is 0.0144. The van der Waals surface area contributed by atoms with Crippen molar-refractivity contribution in [1.82, 2.24) is 5.32 Å². The molecule has 2 N–H and O–H groups in total. The lowest BCUT2D eigenvalue weighted by Crippen LogP contribution is -2.42. The number of hydrogen-bond donors (Lipinski definition) is 2. The Hall–Kier alpha value is -3.65. The number of phenols is 1. The van der Waals surface area contributed by atoms with Crippen LogP contribution in [0.2, 0.25) is 0 Å². The maximum absolute atomic E-state index is 13.2. The molecule has 0 bridgehead atoms. The van der Waals surface area contributed by atoms with Crippen molar-refractivity contribution in [1.29, 1.82) is 0 Å². The lowest BCUT2D eigenvalue weighted by Gasteiger charge is -2.19. The number of carbonyl (C=O) groups is 2. The molecule has 0 aromatic heterocycles. The molecule has 166 valence electrons. The van der Waals surface area contributed by atoms with E-state index in [0.717, 1.165) is 11.6 Å². The summed E-state index contributed by atoms with van der Waals surface area (Å²) >= 11 is 0. The van der Waals surface area contributed by atoms with Crippen LogP contribution in [0, 0.1) is 0 Å². The molecule has 0 aliphatic heterocycles. The quantitative estimate of drug-likeness (QED) is 0.508. The van der Waals surface area contributed by atoms with Gasteiger partial charge in [-0.25, -0.2) is 13.2 Å². The summed E-state index contributed by atoms with van der Waals surface area (Å²) in [5.41, 5.74) is 1.04. The van der Waals surface area contributed by atoms with E-state index in [1.165, 1.54) is 31.2 Å². The van der Waals surface area contributed by atoms with Crippen LogP contribution in [-0.2, 0) is 37.2 Å². The summed E-state index contributed by atoms with van der Waals surface area (Å²) in [6, 6.07) is 19.6. The van der Waals surface area contributed by atoms with Gasteiger partial charge in [0.05, 0.1) is 9.79 Å². The van der Waals surface area contributed by atoms with Crippen LogP contribution in [0.4, 0.5) is 0 Å². The van der Waals surface area contributed by atoms with Crippen molar-refractivity contribution in [3.63, 3.8) is 0 Å². The Kier molecular flexibility index (Phi) is 7.27. The molecule has 0 radical (unpaired) electrons. The second-order valence-electron chi connectivity index (χ2n) is 7.16. The molecule has 0 heterocycles. The summed E-state index contributed by atoms with van der Waals surface area (Å²) in [4.78, 5) is 24.3. The highest BCUT2D eigenvalue weighted by molar-refractivity contribution is 7.91. The normalized spacial score (nSPS) is 12.0. The molecule has 1 amide bonds. The van der Waals surface area contributed by atoms with Crippen LogP contribution in [0.15, 0.2) is 88.7 Å². The molecule has 0 saturated heterocycles. The van der Waals surface area contributed by atoms with E-state index in [0.29, 0.717) is 0 Å². The molecule has 7 nitrogen and oxygen atoms in total. The van der Waals surface area contributed by atoms with Gasteiger partial charge in [0.25, 0.3) is 0 Å². The van der Waals surface area contributed by atoms with Crippen molar-refractivity contribution in [3.05, 3.63) is 90.0 Å². The van der Waals surface area contributed by atoms with Gasteiger partial charge in [-0.2, -0.15) is 0 Å². The average molecular weight is 454 g/mol. The largest absolute Gasteiger partial charge is 0.508 e. The Morgan fingerprint density at radius 1 is 0.969 bits per heavy atom. The standard InChI is InChI=1S/C24H23NO6S/c1-17(26)25-22(24(28)31-16-18-8-4-2-5-9-18)14-19-12-13-20(27)15-23(19)32(29,30)21-10-6-3-7-11-21/h2-13,15,22,27H,14,16H2,1H3,(H,25,26)/t22-/m0/s1. The molecule has 8 heteroatoms. The second-order valence-corrected chi connectivity index (χ2v) is 9.08. The number of ether oxygens (including phenoxy) is 1. The van der Waals surface area contributed by atoms with Gasteiger partial charge in [0, 0.05) is 13.3 Å². The predicted octanol–water partition coefficient (Wildman–Crippen LogP) is 3.02. The lowest BCUT2D eigenvalue weighted by atomic mass is 10.1. The summed E-state index contributed by atoms with van der Waals surface area (Å²) in [6.45, 7) is 1.27. The number of sulfone groups is 1. The molecule has 0 spiro atoms. The van der Waals surface area contributed by atoms with Gasteiger partial charge in [-0.1, -0.05) is 54.6 Å². The molecular weight excluding hydrogens is 430 g/mol. The number of carbonyl (C=O) groups excluding carboxylic acids is 2. The van der Waals surface area contributed by atoms with E-state index in [-0.39, 0.29) is 34.1 Å². The number of esters is 1. The van der Waals surface area contributed by atoms with E-state index in [1.54, 1.807) is 30.3 Å². The lowest BCUT2D eigenvalue weighted by molar-refractivity contribution is -0.149. The average Bonchev–Trinajstić information content (AvgIpc) is 2.79. The molecule has 3 rings (SSSR count). The van der Waals surface area contributed by atoms with E-state index >= 15 is 0 Å². The first kappa shape index (κ1) is 23.0. The zero-order valence-corrected chi connectivity index (χ0v) is 18.2. The molecule has 0 unspecified atom stereocenters. The van der Waals surface area contributed by atoms with E-state index in [2.05, 4.69) is 5.32 Å². The number of hydrogen-bond acceptors (Lipinski definition) is 6. The zero-order valence-electron chi connectivity index (χ0n) is 17.4. The SMILES string of the molecule is CC(=O)N[C@@H](Cc1ccc(O)cc1S(=O)(=O)c1ccccc1)C(=O)OCc1ccccc1. The van der Waals surface area contributed by atoms with Crippen LogP contribution in [0.25, 0.3) is 0 Å². The number of rotatable bonds is 8. The first-order chi connectivity index (χ1) is 15.3. The number of aromatic hydroxyl groups is 1. The molecule has 3 aromatic carbocycles. The monoisotopic (exact) mass is 453 g/mol. The molecular formula is C24H23NO6S. The zero-order chi connectivity index (χ0) is 23.1. The third kappa shape index (κ3) is 5.73. The molecule has 1 atom stereocenters. The van der Waals surface area contributed by atoms with Gasteiger partial charge in [-0.15, -0.1) is 0 Å². The highest BCUT2D eigenvalue weighted by Gasteiger charge is 2.27. The highest BCUT2D eigenvalue weighted by Crippen LogP contribution is 2.28. The van der Waals surface area contributed by atoms with E-state index in [1.807, 2.05) is 18.2 Å². The molecule has 3 aromatic rings. The van der Waals surface area contributed by atoms with Crippen LogP contribution in [-0.4, -0.2) is 31.4 Å². The van der Waals surface area contributed by atoms with Gasteiger partial charge in [-0.05, 0) is 35.4 Å². The van der Waals surface area contributed by atoms with E-state index in [4.69, 9.17) is 4.74 Å². The minimum Gasteiger partial charge on any atom is -0.508 e. The topological polar surface area (TPSA) is 110 Å². The van der Waals surface area contributed by atoms with Gasteiger partial charge in [-0.3, -0.25) is 4.79 Å². The Bertz CT molecular complexity index is 1190. The van der Waals surface area contributed by atoms with Crippen LogP contribution in [0.3, 0.4) is 0 Å². The van der Waals surface area contributed by atoms with Crippen LogP contribution < -0.4 is 5.32 Å². The van der Waals surface area contributed by atoms with Gasteiger partial charge in [0.1, 0.15) is 18.4 Å². The molecule has 0 aliphatic rings. The fraction of sp³-hybridized carbons (Fsp3) is 0.167. The molecule has 32 heavy (non-hydrogen) atoms. The van der Waals surface area contributed by atoms with Crippen molar-refractivity contribution in [2.75, 3.05) is 0 Å². The minimum atomic E-state index is -3.97. The summed E-state index contributed by atoms with van der Waals surface area (Å²) in [5.74, 6) is -1.39. The fourth-order valence-corrected chi connectivity index (χ4v) is 4.72. The van der Waals surface area contributed by atoms with E-state index in [9.17, 15) is 23.1 Å². The number of nitrogens with one attached hydrogen (secondary N) is 1. The summed E-state index contributed by atoms with van der Waals surface area (Å²) in [7, 11) is -3.97. The third-order valence-corrected chi connectivity index (χ3v) is 6.56. The Labute approximate surface area is 186 Å². The third-order valence-electron chi connectivity index (χ3n) is 4.70. The fourth-order valence-electron chi connectivity index (χ4n) is 3.18. The van der Waals surface area contributed by atoms with Crippen LogP contribution in [0.5, 0.6) is 5.75 Å². The van der Waals surface area contributed by atoms with Crippen molar-refractivity contribution in [3.8, 4) is 5.75 Å².